The summed E-state index contributed by atoms with van der Waals surface area (Å²) in [6.07, 6.45) is 0. The number of benzene rings is 1. The van der Waals surface area contributed by atoms with Gasteiger partial charge in [-0.2, -0.15) is 0 Å². The Hall–Kier alpha value is -1.98. The smallest absolute Gasteiger partial charge is 0.308 e. The van der Waals surface area contributed by atoms with Crippen molar-refractivity contribution < 1.29 is 14.7 Å². The molecule has 23 heavy (non-hydrogen) atoms. The van der Waals surface area contributed by atoms with E-state index < -0.39 is 23.8 Å². The number of hydrogen-bond donors (Lipinski definition) is 2. The number of carbonyl (C=O) groups is 2. The van der Waals surface area contributed by atoms with Gasteiger partial charge >= 0.3 is 5.97 Å². The van der Waals surface area contributed by atoms with Crippen molar-refractivity contribution in [3.8, 4) is 0 Å². The van der Waals surface area contributed by atoms with Gasteiger partial charge in [0.05, 0.1) is 17.0 Å². The molecule has 1 amide bonds. The zero-order chi connectivity index (χ0) is 17.1. The Morgan fingerprint density at radius 1 is 1.22 bits per heavy atom. The van der Waals surface area contributed by atoms with Gasteiger partial charge in [-0.05, 0) is 18.6 Å². The number of hydrogen-bond acceptors (Lipinski definition) is 2. The Morgan fingerprint density at radius 2 is 1.83 bits per heavy atom. The van der Waals surface area contributed by atoms with Gasteiger partial charge in [-0.1, -0.05) is 53.5 Å². The minimum atomic E-state index is -0.998. The van der Waals surface area contributed by atoms with E-state index in [9.17, 15) is 14.7 Å². The van der Waals surface area contributed by atoms with Crippen LogP contribution in [-0.4, -0.2) is 21.6 Å². The summed E-state index contributed by atoms with van der Waals surface area (Å²) in [5.74, 6) is -2.24. The first kappa shape index (κ1) is 17.4. The number of halogens is 2. The molecule has 0 aliphatic heterocycles. The Labute approximate surface area is 143 Å². The molecule has 0 aliphatic rings. The molecule has 2 rings (SSSR count). The molecule has 1 heterocycles. The minimum absolute atomic E-state index is 0.249. The maximum atomic E-state index is 12.5. The molecule has 0 fully saturated rings. The lowest BCUT2D eigenvalue weighted by Crippen LogP contribution is -2.36. The van der Waals surface area contributed by atoms with Crippen LogP contribution in [-0.2, 0) is 11.8 Å². The summed E-state index contributed by atoms with van der Waals surface area (Å²) in [5, 5.41) is 12.6. The molecule has 0 radical (unpaired) electrons. The molecule has 0 aliphatic carbocycles. The second kappa shape index (κ2) is 7.06. The van der Waals surface area contributed by atoms with Crippen molar-refractivity contribution in [2.24, 2.45) is 13.0 Å². The third-order valence-electron chi connectivity index (χ3n) is 3.68. The van der Waals surface area contributed by atoms with Crippen LogP contribution in [0.2, 0.25) is 10.2 Å². The second-order valence-corrected chi connectivity index (χ2v) is 5.98. The van der Waals surface area contributed by atoms with Crippen LogP contribution in [0.1, 0.15) is 29.0 Å². The summed E-state index contributed by atoms with van der Waals surface area (Å²) in [6.45, 7) is 1.55. The Kier molecular flexibility index (Phi) is 5.34. The van der Waals surface area contributed by atoms with Crippen molar-refractivity contribution in [2.75, 3.05) is 0 Å². The monoisotopic (exact) mass is 354 g/mol. The van der Waals surface area contributed by atoms with Crippen molar-refractivity contribution >= 4 is 35.1 Å². The summed E-state index contributed by atoms with van der Waals surface area (Å²) < 4.78 is 1.45. The minimum Gasteiger partial charge on any atom is -0.481 e. The van der Waals surface area contributed by atoms with E-state index >= 15 is 0 Å². The maximum absolute atomic E-state index is 12.5. The summed E-state index contributed by atoms with van der Waals surface area (Å²) in [6, 6.07) is 9.73. The summed E-state index contributed by atoms with van der Waals surface area (Å²) in [5.41, 5.74) is 0.973. The number of aromatic nitrogens is 1. The van der Waals surface area contributed by atoms with E-state index in [1.807, 2.05) is 6.07 Å². The predicted molar refractivity (Wildman–Crippen MR) is 88.9 cm³/mol. The van der Waals surface area contributed by atoms with Crippen LogP contribution >= 0.6 is 23.2 Å². The first-order valence-corrected chi connectivity index (χ1v) is 7.67. The van der Waals surface area contributed by atoms with Crippen LogP contribution in [0.5, 0.6) is 0 Å². The highest BCUT2D eigenvalue weighted by Gasteiger charge is 2.28. The molecule has 0 saturated heterocycles. The van der Waals surface area contributed by atoms with Gasteiger partial charge in [0, 0.05) is 7.05 Å². The number of carboxylic acids is 1. The molecule has 2 N–H and O–H groups in total. The van der Waals surface area contributed by atoms with Gasteiger partial charge in [0.2, 0.25) is 0 Å². The van der Waals surface area contributed by atoms with Crippen LogP contribution in [0.4, 0.5) is 0 Å². The topological polar surface area (TPSA) is 71.3 Å². The third-order valence-corrected chi connectivity index (χ3v) is 4.53. The van der Waals surface area contributed by atoms with Crippen LogP contribution in [0.3, 0.4) is 0 Å². The zero-order valence-corrected chi connectivity index (χ0v) is 14.1. The van der Waals surface area contributed by atoms with Gasteiger partial charge in [0.25, 0.3) is 5.91 Å². The fraction of sp³-hybridized carbons (Fsp3) is 0.250. The fourth-order valence-corrected chi connectivity index (χ4v) is 2.65. The number of carbonyl (C=O) groups excluding carboxylic acids is 1. The molecule has 122 valence electrons. The molecular formula is C16H16Cl2N2O3. The van der Waals surface area contributed by atoms with E-state index in [-0.39, 0.29) is 15.9 Å². The zero-order valence-electron chi connectivity index (χ0n) is 12.6. The molecule has 7 heteroatoms. The standard InChI is InChI=1S/C16H16Cl2N2O3/c1-9(16(22)23)13(10-6-4-3-5-7-10)19-15(21)12-8-11(17)14(18)20(12)2/h3-9,13H,1-2H3,(H,19,21)(H,22,23). The first-order valence-electron chi connectivity index (χ1n) is 6.92. The van der Waals surface area contributed by atoms with Gasteiger partial charge in [0.15, 0.2) is 0 Å². The Balaban J connectivity index is 2.32. The summed E-state index contributed by atoms with van der Waals surface area (Å²) in [7, 11) is 1.61. The normalized spacial score (nSPS) is 13.4. The van der Waals surface area contributed by atoms with Crippen LogP contribution in [0, 0.1) is 5.92 Å². The van der Waals surface area contributed by atoms with Gasteiger partial charge in [-0.25, -0.2) is 0 Å². The highest BCUT2D eigenvalue weighted by molar-refractivity contribution is 6.41. The molecule has 0 bridgehead atoms. The average Bonchev–Trinajstić information content (AvgIpc) is 2.80. The molecule has 1 aromatic heterocycles. The Bertz CT molecular complexity index is 728. The molecule has 2 aromatic rings. The number of amides is 1. The van der Waals surface area contributed by atoms with Crippen LogP contribution < -0.4 is 5.32 Å². The quantitative estimate of drug-likeness (QED) is 0.862. The second-order valence-electron chi connectivity index (χ2n) is 5.22. The van der Waals surface area contributed by atoms with Crippen LogP contribution in [0.15, 0.2) is 36.4 Å². The van der Waals surface area contributed by atoms with E-state index in [1.54, 1.807) is 38.2 Å². The van der Waals surface area contributed by atoms with Crippen LogP contribution in [0.25, 0.3) is 0 Å². The van der Waals surface area contributed by atoms with Crippen molar-refractivity contribution in [3.05, 3.63) is 57.8 Å². The molecular weight excluding hydrogens is 339 g/mol. The fourth-order valence-electron chi connectivity index (χ4n) is 2.28. The number of carboxylic acid groups (broad SMARTS) is 1. The highest BCUT2D eigenvalue weighted by Crippen LogP contribution is 2.27. The lowest BCUT2D eigenvalue weighted by atomic mass is 9.94. The number of nitrogens with one attached hydrogen (secondary N) is 1. The largest absolute Gasteiger partial charge is 0.481 e. The van der Waals surface area contributed by atoms with E-state index in [0.717, 1.165) is 0 Å². The van der Waals surface area contributed by atoms with E-state index in [4.69, 9.17) is 23.2 Å². The summed E-state index contributed by atoms with van der Waals surface area (Å²) >= 11 is 11.9. The van der Waals surface area contributed by atoms with E-state index in [0.29, 0.717) is 5.56 Å². The van der Waals surface area contributed by atoms with Crippen molar-refractivity contribution in [1.29, 1.82) is 0 Å². The third kappa shape index (κ3) is 3.68. The number of rotatable bonds is 5. The van der Waals surface area contributed by atoms with E-state index in [1.165, 1.54) is 10.6 Å². The molecule has 2 unspecified atom stereocenters. The number of aliphatic carboxylic acids is 1. The lowest BCUT2D eigenvalue weighted by Gasteiger charge is -2.23. The van der Waals surface area contributed by atoms with Crippen molar-refractivity contribution in [3.63, 3.8) is 0 Å². The van der Waals surface area contributed by atoms with E-state index in [2.05, 4.69) is 5.32 Å². The van der Waals surface area contributed by atoms with Gasteiger partial charge in [0.1, 0.15) is 10.8 Å². The van der Waals surface area contributed by atoms with Gasteiger partial charge in [-0.15, -0.1) is 0 Å². The van der Waals surface area contributed by atoms with Gasteiger partial charge in [-0.3, -0.25) is 9.59 Å². The lowest BCUT2D eigenvalue weighted by molar-refractivity contribution is -0.142. The molecule has 1 aromatic carbocycles. The van der Waals surface area contributed by atoms with Crippen molar-refractivity contribution in [2.45, 2.75) is 13.0 Å². The van der Waals surface area contributed by atoms with Crippen molar-refractivity contribution in [1.82, 2.24) is 9.88 Å². The SMILES string of the molecule is CC(C(=O)O)C(NC(=O)c1cc(Cl)c(Cl)n1C)c1ccccc1. The predicted octanol–water partition coefficient (Wildman–Crippen LogP) is 3.52. The van der Waals surface area contributed by atoms with Gasteiger partial charge < -0.3 is 15.0 Å². The molecule has 5 nitrogen and oxygen atoms in total. The molecule has 0 spiro atoms. The molecule has 2 atom stereocenters. The number of nitrogens with zero attached hydrogens (tertiary/aromatic N) is 1. The Morgan fingerprint density at radius 3 is 2.30 bits per heavy atom. The molecule has 0 saturated carbocycles. The maximum Gasteiger partial charge on any atom is 0.308 e. The average molecular weight is 355 g/mol. The first-order chi connectivity index (χ1) is 10.8. The highest BCUT2D eigenvalue weighted by atomic mass is 35.5. The summed E-state index contributed by atoms with van der Waals surface area (Å²) in [4.78, 5) is 23.9.